The zero-order chi connectivity index (χ0) is 15.1. The fourth-order valence-corrected chi connectivity index (χ4v) is 2.72. The Balaban J connectivity index is 1.80. The van der Waals surface area contributed by atoms with Gasteiger partial charge in [-0.1, -0.05) is 49.3 Å². The first-order valence-electron chi connectivity index (χ1n) is 7.42. The van der Waals surface area contributed by atoms with Gasteiger partial charge in [-0.05, 0) is 18.4 Å². The van der Waals surface area contributed by atoms with Crippen LogP contribution in [0.25, 0.3) is 0 Å². The summed E-state index contributed by atoms with van der Waals surface area (Å²) in [7, 11) is 0. The van der Waals surface area contributed by atoms with Gasteiger partial charge >= 0.3 is 0 Å². The Hall–Kier alpha value is -1.33. The molecule has 21 heavy (non-hydrogen) atoms. The van der Waals surface area contributed by atoms with Crippen LogP contribution in [0.1, 0.15) is 50.0 Å². The third kappa shape index (κ3) is 5.17. The molecule has 0 aliphatic heterocycles. The molecule has 1 heterocycles. The van der Waals surface area contributed by atoms with Crippen molar-refractivity contribution in [2.45, 2.75) is 50.2 Å². The molecule has 0 bridgehead atoms. The second-order valence-electron chi connectivity index (χ2n) is 5.19. The summed E-state index contributed by atoms with van der Waals surface area (Å²) in [4.78, 5) is 4.43. The number of nitrogens with two attached hydrogens (primary N) is 1. The molecule has 2 unspecified atom stereocenters. The largest absolute Gasteiger partial charge is 0.339 e. The lowest BCUT2D eigenvalue weighted by Crippen LogP contribution is -2.11. The topological polar surface area (TPSA) is 64.9 Å². The van der Waals surface area contributed by atoms with Crippen molar-refractivity contribution in [2.24, 2.45) is 5.73 Å². The molecule has 0 spiro atoms. The summed E-state index contributed by atoms with van der Waals surface area (Å²) in [6, 6.07) is 10.1. The van der Waals surface area contributed by atoms with Gasteiger partial charge in [-0.2, -0.15) is 16.7 Å². The molecule has 1 aromatic carbocycles. The van der Waals surface area contributed by atoms with Gasteiger partial charge in [0, 0.05) is 17.7 Å². The van der Waals surface area contributed by atoms with Gasteiger partial charge in [-0.25, -0.2) is 0 Å². The van der Waals surface area contributed by atoms with Gasteiger partial charge < -0.3 is 10.3 Å². The van der Waals surface area contributed by atoms with Crippen LogP contribution in [-0.4, -0.2) is 15.4 Å². The van der Waals surface area contributed by atoms with E-state index in [0.717, 1.165) is 36.4 Å². The highest BCUT2D eigenvalue weighted by atomic mass is 32.2. The Morgan fingerprint density at radius 2 is 2.05 bits per heavy atom. The van der Waals surface area contributed by atoms with Crippen molar-refractivity contribution < 1.29 is 4.52 Å². The molecule has 2 N–H and O–H groups in total. The number of hydrogen-bond acceptors (Lipinski definition) is 5. The number of thioether (sulfide) groups is 1. The minimum Gasteiger partial charge on any atom is -0.339 e. The van der Waals surface area contributed by atoms with Gasteiger partial charge in [-0.15, -0.1) is 0 Å². The van der Waals surface area contributed by atoms with Crippen LogP contribution in [0, 0.1) is 0 Å². The molecule has 0 saturated carbocycles. The summed E-state index contributed by atoms with van der Waals surface area (Å²) >= 11 is 1.85. The van der Waals surface area contributed by atoms with Crippen molar-refractivity contribution in [1.82, 2.24) is 10.1 Å². The van der Waals surface area contributed by atoms with Gasteiger partial charge in [0.2, 0.25) is 5.89 Å². The third-order valence-electron chi connectivity index (χ3n) is 3.48. The van der Waals surface area contributed by atoms with Crippen LogP contribution in [-0.2, 0) is 12.2 Å². The number of nitrogens with zero attached hydrogens (tertiary/aromatic N) is 2. The molecular weight excluding hydrogens is 282 g/mol. The van der Waals surface area contributed by atoms with Crippen LogP contribution in [0.4, 0.5) is 0 Å². The maximum absolute atomic E-state index is 6.17. The minimum absolute atomic E-state index is 0.0102. The molecule has 2 rings (SSSR count). The second kappa shape index (κ2) is 8.20. The van der Waals surface area contributed by atoms with E-state index < -0.39 is 0 Å². The average Bonchev–Trinajstić information content (AvgIpc) is 2.99. The number of aromatic nitrogens is 2. The van der Waals surface area contributed by atoms with E-state index in [4.69, 9.17) is 10.3 Å². The van der Waals surface area contributed by atoms with E-state index in [0.29, 0.717) is 11.1 Å². The van der Waals surface area contributed by atoms with Crippen LogP contribution >= 0.6 is 11.8 Å². The maximum Gasteiger partial charge on any atom is 0.226 e. The van der Waals surface area contributed by atoms with E-state index >= 15 is 0 Å². The zero-order valence-electron chi connectivity index (χ0n) is 12.7. The van der Waals surface area contributed by atoms with Crippen LogP contribution in [0.5, 0.6) is 0 Å². The minimum atomic E-state index is 0.0102. The first kappa shape index (κ1) is 16.0. The van der Waals surface area contributed by atoms with Crippen LogP contribution < -0.4 is 5.73 Å². The van der Waals surface area contributed by atoms with E-state index in [2.05, 4.69) is 24.0 Å². The summed E-state index contributed by atoms with van der Waals surface area (Å²) in [5.74, 6) is 2.27. The maximum atomic E-state index is 6.17. The summed E-state index contributed by atoms with van der Waals surface area (Å²) in [6.07, 6.45) is 2.68. The summed E-state index contributed by atoms with van der Waals surface area (Å²) in [6.45, 7) is 4.40. The van der Waals surface area contributed by atoms with Crippen molar-refractivity contribution in [3.63, 3.8) is 0 Å². The van der Waals surface area contributed by atoms with Gasteiger partial charge in [0.15, 0.2) is 5.82 Å². The third-order valence-corrected chi connectivity index (χ3v) is 4.81. The molecule has 4 nitrogen and oxygen atoms in total. The molecule has 1 aromatic heterocycles. The number of benzene rings is 1. The molecule has 0 saturated heterocycles. The van der Waals surface area contributed by atoms with E-state index in [9.17, 15) is 0 Å². The molecule has 0 aliphatic rings. The van der Waals surface area contributed by atoms with Gasteiger partial charge in [0.25, 0.3) is 0 Å². The molecule has 0 aliphatic carbocycles. The van der Waals surface area contributed by atoms with Crippen molar-refractivity contribution in [1.29, 1.82) is 0 Å². The van der Waals surface area contributed by atoms with Crippen molar-refractivity contribution in [3.8, 4) is 0 Å². The molecule has 0 radical (unpaired) electrons. The number of aryl methyl sites for hydroxylation is 1. The van der Waals surface area contributed by atoms with Crippen molar-refractivity contribution in [2.75, 3.05) is 0 Å². The molecule has 0 amide bonds. The Morgan fingerprint density at radius 3 is 2.76 bits per heavy atom. The van der Waals surface area contributed by atoms with Crippen LogP contribution in [0.3, 0.4) is 0 Å². The van der Waals surface area contributed by atoms with E-state index in [1.165, 1.54) is 0 Å². The fourth-order valence-electron chi connectivity index (χ4n) is 1.93. The highest BCUT2D eigenvalue weighted by molar-refractivity contribution is 7.99. The summed E-state index contributed by atoms with van der Waals surface area (Å²) < 4.78 is 5.29. The SMILES string of the molecule is CCC(C)SCc1noc(CCC(N)c2ccccc2)n1. The van der Waals surface area contributed by atoms with Gasteiger partial charge in [0.1, 0.15) is 0 Å². The first-order chi connectivity index (χ1) is 10.2. The number of rotatable bonds is 8. The van der Waals surface area contributed by atoms with E-state index in [-0.39, 0.29) is 6.04 Å². The smallest absolute Gasteiger partial charge is 0.226 e. The average molecular weight is 305 g/mol. The highest BCUT2D eigenvalue weighted by Gasteiger charge is 2.11. The second-order valence-corrected chi connectivity index (χ2v) is 6.62. The molecular formula is C16H23N3OS. The van der Waals surface area contributed by atoms with Gasteiger partial charge in [0.05, 0.1) is 5.75 Å². The van der Waals surface area contributed by atoms with Crippen molar-refractivity contribution in [3.05, 3.63) is 47.6 Å². The lowest BCUT2D eigenvalue weighted by atomic mass is 10.0. The number of hydrogen-bond donors (Lipinski definition) is 1. The molecule has 0 fully saturated rings. The molecule has 5 heteroatoms. The monoisotopic (exact) mass is 305 g/mol. The Kier molecular flexibility index (Phi) is 6.26. The zero-order valence-corrected chi connectivity index (χ0v) is 13.5. The standard InChI is InChI=1S/C16H23N3OS/c1-3-12(2)21-11-15-18-16(20-19-15)10-9-14(17)13-7-5-4-6-8-13/h4-8,12,14H,3,9-11,17H2,1-2H3. The Bertz CT molecular complexity index is 529. The highest BCUT2D eigenvalue weighted by Crippen LogP contribution is 2.19. The predicted molar refractivity (Wildman–Crippen MR) is 87.0 cm³/mol. The van der Waals surface area contributed by atoms with Crippen LogP contribution in [0.15, 0.2) is 34.9 Å². The normalized spacial score (nSPS) is 14.0. The quantitative estimate of drug-likeness (QED) is 0.805. The summed E-state index contributed by atoms with van der Waals surface area (Å²) in [5.41, 5.74) is 7.32. The Labute approximate surface area is 130 Å². The van der Waals surface area contributed by atoms with Gasteiger partial charge in [-0.3, -0.25) is 0 Å². The molecule has 114 valence electrons. The molecule has 2 atom stereocenters. The fraction of sp³-hybridized carbons (Fsp3) is 0.500. The predicted octanol–water partition coefficient (Wildman–Crippen LogP) is 3.73. The van der Waals surface area contributed by atoms with E-state index in [1.807, 2.05) is 42.1 Å². The first-order valence-corrected chi connectivity index (χ1v) is 8.47. The van der Waals surface area contributed by atoms with Crippen LogP contribution in [0.2, 0.25) is 0 Å². The lowest BCUT2D eigenvalue weighted by molar-refractivity contribution is 0.368. The van der Waals surface area contributed by atoms with E-state index in [1.54, 1.807) is 0 Å². The van der Waals surface area contributed by atoms with Crippen molar-refractivity contribution >= 4 is 11.8 Å². The Morgan fingerprint density at radius 1 is 1.29 bits per heavy atom. The molecule has 2 aromatic rings. The lowest BCUT2D eigenvalue weighted by Gasteiger charge is -2.09. The summed E-state index contributed by atoms with van der Waals surface area (Å²) in [5, 5.41) is 4.65.